The van der Waals surface area contributed by atoms with Crippen LogP contribution in [-0.2, 0) is 14.3 Å². The molecule has 0 aliphatic heterocycles. The van der Waals surface area contributed by atoms with Gasteiger partial charge in [0.15, 0.2) is 0 Å². The molecule has 0 saturated heterocycles. The van der Waals surface area contributed by atoms with Gasteiger partial charge in [0.05, 0.1) is 12.6 Å². The zero-order chi connectivity index (χ0) is 11.7. The topological polar surface area (TPSA) is 67.4 Å². The van der Waals surface area contributed by atoms with Crippen molar-refractivity contribution in [3.8, 4) is 0 Å². The lowest BCUT2D eigenvalue weighted by Crippen LogP contribution is -2.44. The van der Waals surface area contributed by atoms with Crippen molar-refractivity contribution in [1.82, 2.24) is 10.6 Å². The Labute approximate surface area is 90.6 Å². The highest BCUT2D eigenvalue weighted by atomic mass is 16.5. The minimum atomic E-state index is -0.542. The lowest BCUT2D eigenvalue weighted by atomic mass is 10.1. The minimum absolute atomic E-state index is 0.365. The summed E-state index contributed by atoms with van der Waals surface area (Å²) in [5.41, 5.74) is 0. The van der Waals surface area contributed by atoms with Crippen LogP contribution in [0.2, 0.25) is 0 Å². The molecule has 0 heterocycles. The van der Waals surface area contributed by atoms with Crippen LogP contribution in [0, 0.1) is 0 Å². The Morgan fingerprint density at radius 2 is 2.07 bits per heavy atom. The summed E-state index contributed by atoms with van der Waals surface area (Å²) in [4.78, 5) is 22.9. The number of amides is 1. The molecule has 0 bridgehead atoms. The number of hydrogen-bond acceptors (Lipinski definition) is 4. The average molecular weight is 216 g/mol. The van der Waals surface area contributed by atoms with Crippen LogP contribution in [0.4, 0.5) is 0 Å². The summed E-state index contributed by atoms with van der Waals surface area (Å²) in [5.74, 6) is -0.949. The van der Waals surface area contributed by atoms with E-state index in [4.69, 9.17) is 4.74 Å². The smallest absolute Gasteiger partial charge is 0.289 e. The van der Waals surface area contributed by atoms with Crippen LogP contribution in [0.5, 0.6) is 0 Å². The van der Waals surface area contributed by atoms with Gasteiger partial charge in [-0.2, -0.15) is 0 Å². The number of ether oxygens (including phenoxy) is 1. The van der Waals surface area contributed by atoms with Crippen molar-refractivity contribution < 1.29 is 14.3 Å². The summed E-state index contributed by atoms with van der Waals surface area (Å²) in [6.45, 7) is 2.75. The Morgan fingerprint density at radius 1 is 1.40 bits per heavy atom. The summed E-state index contributed by atoms with van der Waals surface area (Å²) in [6.07, 6.45) is 1.54. The third-order valence-electron chi connectivity index (χ3n) is 2.06. The highest BCUT2D eigenvalue weighted by Gasteiger charge is 2.22. The van der Waals surface area contributed by atoms with Crippen molar-refractivity contribution in [3.05, 3.63) is 0 Å². The van der Waals surface area contributed by atoms with Gasteiger partial charge in [0, 0.05) is 13.7 Å². The molecule has 2 N–H and O–H groups in total. The van der Waals surface area contributed by atoms with Crippen molar-refractivity contribution in [2.75, 3.05) is 27.3 Å². The number of carbonyl (C=O) groups excluding carboxylic acids is 2. The number of methoxy groups -OCH3 is 1. The molecule has 0 aliphatic rings. The van der Waals surface area contributed by atoms with Gasteiger partial charge in [-0.25, -0.2) is 0 Å². The molecule has 15 heavy (non-hydrogen) atoms. The van der Waals surface area contributed by atoms with E-state index in [1.165, 1.54) is 0 Å². The van der Waals surface area contributed by atoms with Gasteiger partial charge in [-0.1, -0.05) is 13.3 Å². The summed E-state index contributed by atoms with van der Waals surface area (Å²) >= 11 is 0. The highest BCUT2D eigenvalue weighted by Crippen LogP contribution is 1.97. The number of nitrogens with one attached hydrogen (secondary N) is 2. The number of rotatable bonds is 8. The highest BCUT2D eigenvalue weighted by molar-refractivity contribution is 6.38. The molecule has 5 heteroatoms. The van der Waals surface area contributed by atoms with E-state index in [-0.39, 0.29) is 6.04 Å². The normalized spacial score (nSPS) is 12.2. The van der Waals surface area contributed by atoms with E-state index in [9.17, 15) is 9.59 Å². The molecular formula is C10H20N2O3. The number of ketones is 1. The fourth-order valence-electron chi connectivity index (χ4n) is 1.21. The summed E-state index contributed by atoms with van der Waals surface area (Å²) in [7, 11) is 3.22. The van der Waals surface area contributed by atoms with Gasteiger partial charge < -0.3 is 15.4 Å². The SMILES string of the molecule is CCCC(NC)C(=O)C(=O)NCCOC. The first-order valence-corrected chi connectivity index (χ1v) is 5.15. The predicted molar refractivity (Wildman–Crippen MR) is 57.6 cm³/mol. The average Bonchev–Trinajstić information content (AvgIpc) is 2.25. The summed E-state index contributed by atoms with van der Waals surface area (Å²) in [5, 5.41) is 5.34. The Balaban J connectivity index is 3.99. The summed E-state index contributed by atoms with van der Waals surface area (Å²) < 4.78 is 4.76. The lowest BCUT2D eigenvalue weighted by Gasteiger charge is -2.13. The van der Waals surface area contributed by atoms with Crippen molar-refractivity contribution in [2.45, 2.75) is 25.8 Å². The number of likely N-dealkylation sites (N-methyl/N-ethyl adjacent to an activating group) is 1. The van der Waals surface area contributed by atoms with Crippen LogP contribution in [0.3, 0.4) is 0 Å². The first-order chi connectivity index (χ1) is 7.17. The van der Waals surface area contributed by atoms with E-state index in [1.807, 2.05) is 6.92 Å². The quantitative estimate of drug-likeness (QED) is 0.432. The minimum Gasteiger partial charge on any atom is -0.383 e. The molecule has 0 fully saturated rings. The number of Topliss-reactive ketones (excluding diaryl/α,β-unsaturated/α-hetero) is 1. The molecule has 0 aromatic heterocycles. The zero-order valence-corrected chi connectivity index (χ0v) is 9.63. The molecule has 1 atom stereocenters. The fourth-order valence-corrected chi connectivity index (χ4v) is 1.21. The molecule has 88 valence electrons. The van der Waals surface area contributed by atoms with Gasteiger partial charge in [-0.15, -0.1) is 0 Å². The van der Waals surface area contributed by atoms with Crippen LogP contribution >= 0.6 is 0 Å². The third kappa shape index (κ3) is 5.49. The third-order valence-corrected chi connectivity index (χ3v) is 2.06. The molecule has 0 spiro atoms. The first-order valence-electron chi connectivity index (χ1n) is 5.15. The molecule has 0 aromatic rings. The molecule has 5 nitrogen and oxygen atoms in total. The van der Waals surface area contributed by atoms with Gasteiger partial charge in [-0.05, 0) is 13.5 Å². The molecular weight excluding hydrogens is 196 g/mol. The van der Waals surface area contributed by atoms with Crippen LogP contribution in [0.25, 0.3) is 0 Å². The van der Waals surface area contributed by atoms with Gasteiger partial charge in [0.1, 0.15) is 0 Å². The maximum Gasteiger partial charge on any atom is 0.289 e. The Bertz CT molecular complexity index is 207. The fraction of sp³-hybridized carbons (Fsp3) is 0.800. The molecule has 0 rings (SSSR count). The summed E-state index contributed by atoms with van der Waals surface area (Å²) in [6, 6.07) is -0.377. The molecule has 1 amide bonds. The predicted octanol–water partition coefficient (Wildman–Crippen LogP) is -0.294. The Kier molecular flexibility index (Phi) is 7.85. The second kappa shape index (κ2) is 8.38. The van der Waals surface area contributed by atoms with Crippen molar-refractivity contribution in [1.29, 1.82) is 0 Å². The van der Waals surface area contributed by atoms with Crippen LogP contribution in [0.15, 0.2) is 0 Å². The van der Waals surface area contributed by atoms with E-state index >= 15 is 0 Å². The molecule has 0 saturated carbocycles. The lowest BCUT2D eigenvalue weighted by molar-refractivity contribution is -0.139. The van der Waals surface area contributed by atoms with Crippen LogP contribution < -0.4 is 10.6 Å². The van der Waals surface area contributed by atoms with Gasteiger partial charge in [0.25, 0.3) is 5.91 Å². The largest absolute Gasteiger partial charge is 0.383 e. The molecule has 1 unspecified atom stereocenters. The first kappa shape index (κ1) is 14.1. The maximum atomic E-state index is 11.5. The molecule has 0 aromatic carbocycles. The van der Waals surface area contributed by atoms with E-state index in [2.05, 4.69) is 10.6 Å². The van der Waals surface area contributed by atoms with Crippen molar-refractivity contribution in [2.24, 2.45) is 0 Å². The van der Waals surface area contributed by atoms with Crippen LogP contribution in [-0.4, -0.2) is 45.0 Å². The molecule has 0 radical (unpaired) electrons. The second-order valence-corrected chi connectivity index (χ2v) is 3.24. The van der Waals surface area contributed by atoms with Gasteiger partial charge in [-0.3, -0.25) is 9.59 Å². The van der Waals surface area contributed by atoms with E-state index in [1.54, 1.807) is 14.2 Å². The van der Waals surface area contributed by atoms with Crippen molar-refractivity contribution >= 4 is 11.7 Å². The maximum absolute atomic E-state index is 11.5. The number of hydrogen-bond donors (Lipinski definition) is 2. The van der Waals surface area contributed by atoms with E-state index in [0.29, 0.717) is 19.6 Å². The Hall–Kier alpha value is -0.940. The van der Waals surface area contributed by atoms with Gasteiger partial charge >= 0.3 is 0 Å². The van der Waals surface area contributed by atoms with Crippen LogP contribution in [0.1, 0.15) is 19.8 Å². The van der Waals surface area contributed by atoms with E-state index < -0.39 is 11.7 Å². The van der Waals surface area contributed by atoms with Crippen molar-refractivity contribution in [3.63, 3.8) is 0 Å². The van der Waals surface area contributed by atoms with Gasteiger partial charge in [0.2, 0.25) is 5.78 Å². The standard InChI is InChI=1S/C10H20N2O3/c1-4-5-8(11-2)9(13)10(14)12-6-7-15-3/h8,11H,4-7H2,1-3H3,(H,12,14). The molecule has 0 aliphatic carbocycles. The zero-order valence-electron chi connectivity index (χ0n) is 9.63. The monoisotopic (exact) mass is 216 g/mol. The van der Waals surface area contributed by atoms with E-state index in [0.717, 1.165) is 6.42 Å². The second-order valence-electron chi connectivity index (χ2n) is 3.24. The number of carbonyl (C=O) groups is 2. The Morgan fingerprint density at radius 3 is 2.53 bits per heavy atom.